The maximum Gasteiger partial charge on any atom is 0.159 e. The molecule has 0 atom stereocenters. The van der Waals surface area contributed by atoms with E-state index >= 15 is 0 Å². The van der Waals surface area contributed by atoms with E-state index in [2.05, 4.69) is 32.9 Å². The summed E-state index contributed by atoms with van der Waals surface area (Å²) in [7, 11) is 0. The number of nitrogens with zero attached hydrogens (tertiary/aromatic N) is 1. The fourth-order valence-corrected chi connectivity index (χ4v) is 1.68. The Morgan fingerprint density at radius 3 is 2.28 bits per heavy atom. The standard InChI is InChI=1S/C15H10BrNO/c16-14-9-7-13(8-10-14)15(17-18)11-6-12-4-2-1-3-5-12/h1-5,7-10,18H. The largest absolute Gasteiger partial charge is 0.410 e. The molecule has 88 valence electrons. The molecule has 0 heterocycles. The van der Waals surface area contributed by atoms with Crippen LogP contribution < -0.4 is 0 Å². The average molecular weight is 300 g/mol. The third kappa shape index (κ3) is 3.22. The molecule has 0 aliphatic carbocycles. The van der Waals surface area contributed by atoms with Crippen LogP contribution in [0.1, 0.15) is 11.1 Å². The van der Waals surface area contributed by atoms with Gasteiger partial charge in [-0.2, -0.15) is 0 Å². The van der Waals surface area contributed by atoms with E-state index in [9.17, 15) is 0 Å². The van der Waals surface area contributed by atoms with E-state index in [0.717, 1.165) is 15.6 Å². The average Bonchev–Trinajstić information content (AvgIpc) is 2.42. The van der Waals surface area contributed by atoms with E-state index in [1.165, 1.54) is 0 Å². The predicted molar refractivity (Wildman–Crippen MR) is 75.8 cm³/mol. The minimum atomic E-state index is 0.353. The van der Waals surface area contributed by atoms with Gasteiger partial charge in [-0.1, -0.05) is 57.3 Å². The van der Waals surface area contributed by atoms with Crippen LogP contribution in [-0.4, -0.2) is 10.9 Å². The van der Waals surface area contributed by atoms with Crippen LogP contribution in [0.25, 0.3) is 0 Å². The Bertz CT molecular complexity index is 606. The second kappa shape index (κ2) is 6.04. The Morgan fingerprint density at radius 2 is 1.67 bits per heavy atom. The zero-order chi connectivity index (χ0) is 12.8. The summed E-state index contributed by atoms with van der Waals surface area (Å²) in [6, 6.07) is 17.0. The van der Waals surface area contributed by atoms with E-state index in [4.69, 9.17) is 5.21 Å². The molecule has 0 spiro atoms. The van der Waals surface area contributed by atoms with Crippen molar-refractivity contribution >= 4 is 21.6 Å². The van der Waals surface area contributed by atoms with Gasteiger partial charge in [-0.25, -0.2) is 0 Å². The molecule has 0 amide bonds. The highest BCUT2D eigenvalue weighted by molar-refractivity contribution is 9.10. The molecule has 0 radical (unpaired) electrons. The number of rotatable bonds is 1. The molecule has 2 aromatic carbocycles. The highest BCUT2D eigenvalue weighted by atomic mass is 79.9. The van der Waals surface area contributed by atoms with Crippen molar-refractivity contribution in [3.63, 3.8) is 0 Å². The minimum absolute atomic E-state index is 0.353. The number of hydrogen-bond acceptors (Lipinski definition) is 2. The number of oxime groups is 1. The van der Waals surface area contributed by atoms with E-state index in [-0.39, 0.29) is 0 Å². The van der Waals surface area contributed by atoms with Crippen LogP contribution in [-0.2, 0) is 0 Å². The van der Waals surface area contributed by atoms with E-state index in [0.29, 0.717) is 5.71 Å². The van der Waals surface area contributed by atoms with Crippen molar-refractivity contribution in [2.24, 2.45) is 5.16 Å². The maximum absolute atomic E-state index is 9.00. The number of hydrogen-bond donors (Lipinski definition) is 1. The predicted octanol–water partition coefficient (Wildman–Crippen LogP) is 3.68. The molecule has 1 N–H and O–H groups in total. The Labute approximate surface area is 114 Å². The van der Waals surface area contributed by atoms with Gasteiger partial charge in [0.05, 0.1) is 0 Å². The summed E-state index contributed by atoms with van der Waals surface area (Å²) in [6.45, 7) is 0. The third-order valence-corrected chi connectivity index (χ3v) is 2.85. The second-order valence-electron chi connectivity index (χ2n) is 3.57. The molecule has 3 heteroatoms. The van der Waals surface area contributed by atoms with E-state index in [1.807, 2.05) is 54.6 Å². The lowest BCUT2D eigenvalue weighted by molar-refractivity contribution is 0.320. The fourth-order valence-electron chi connectivity index (χ4n) is 1.42. The summed E-state index contributed by atoms with van der Waals surface area (Å²) < 4.78 is 0.972. The first-order valence-corrected chi connectivity index (χ1v) is 6.14. The van der Waals surface area contributed by atoms with Crippen LogP contribution in [0.4, 0.5) is 0 Å². The quantitative estimate of drug-likeness (QED) is 0.370. The van der Waals surface area contributed by atoms with Gasteiger partial charge >= 0.3 is 0 Å². The highest BCUT2D eigenvalue weighted by Crippen LogP contribution is 2.11. The maximum atomic E-state index is 9.00. The van der Waals surface area contributed by atoms with Crippen molar-refractivity contribution in [2.75, 3.05) is 0 Å². The van der Waals surface area contributed by atoms with Crippen LogP contribution in [0.15, 0.2) is 64.2 Å². The molecule has 0 bridgehead atoms. The van der Waals surface area contributed by atoms with Crippen molar-refractivity contribution in [2.45, 2.75) is 0 Å². The summed E-state index contributed by atoms with van der Waals surface area (Å²) in [5.41, 5.74) is 2.02. The van der Waals surface area contributed by atoms with Crippen molar-refractivity contribution < 1.29 is 5.21 Å². The molecule has 2 rings (SSSR count). The summed E-state index contributed by atoms with van der Waals surface area (Å²) in [6.07, 6.45) is 0. The first-order chi connectivity index (χ1) is 8.79. The lowest BCUT2D eigenvalue weighted by Gasteiger charge is -1.97. The molecule has 18 heavy (non-hydrogen) atoms. The Balaban J connectivity index is 2.27. The molecule has 0 unspecified atom stereocenters. The van der Waals surface area contributed by atoms with Gasteiger partial charge in [-0.3, -0.25) is 0 Å². The SMILES string of the molecule is ON=C(C#Cc1ccccc1)c1ccc(Br)cc1. The van der Waals surface area contributed by atoms with Crippen molar-refractivity contribution in [3.05, 3.63) is 70.2 Å². The number of benzene rings is 2. The molecule has 2 aromatic rings. The first-order valence-electron chi connectivity index (χ1n) is 5.34. The molecule has 0 fully saturated rings. The van der Waals surface area contributed by atoms with Gasteiger partial charge in [0.15, 0.2) is 5.71 Å². The van der Waals surface area contributed by atoms with Crippen molar-refractivity contribution in [1.29, 1.82) is 0 Å². The van der Waals surface area contributed by atoms with Gasteiger partial charge < -0.3 is 5.21 Å². The molecule has 0 aromatic heterocycles. The zero-order valence-corrected chi connectivity index (χ0v) is 11.1. The van der Waals surface area contributed by atoms with Crippen molar-refractivity contribution in [3.8, 4) is 11.8 Å². The van der Waals surface area contributed by atoms with Gasteiger partial charge in [0.1, 0.15) is 0 Å². The summed E-state index contributed by atoms with van der Waals surface area (Å²) in [4.78, 5) is 0. The smallest absolute Gasteiger partial charge is 0.159 e. The summed E-state index contributed by atoms with van der Waals surface area (Å²) >= 11 is 3.35. The molecule has 0 aliphatic rings. The monoisotopic (exact) mass is 299 g/mol. The van der Waals surface area contributed by atoms with Crippen LogP contribution in [0, 0.1) is 11.8 Å². The topological polar surface area (TPSA) is 32.6 Å². The lowest BCUT2D eigenvalue weighted by Crippen LogP contribution is -1.96. The fraction of sp³-hybridized carbons (Fsp3) is 0. The molecule has 2 nitrogen and oxygen atoms in total. The molecular formula is C15H10BrNO. The van der Waals surface area contributed by atoms with E-state index < -0.39 is 0 Å². The van der Waals surface area contributed by atoms with Gasteiger partial charge in [0, 0.05) is 15.6 Å². The zero-order valence-electron chi connectivity index (χ0n) is 9.47. The van der Waals surface area contributed by atoms with Gasteiger partial charge in [-0.05, 0) is 30.2 Å². The van der Waals surface area contributed by atoms with Gasteiger partial charge in [0.2, 0.25) is 0 Å². The third-order valence-electron chi connectivity index (χ3n) is 2.32. The Kier molecular flexibility index (Phi) is 4.16. The summed E-state index contributed by atoms with van der Waals surface area (Å²) in [5, 5.41) is 12.2. The first kappa shape index (κ1) is 12.4. The van der Waals surface area contributed by atoms with Crippen LogP contribution in [0.3, 0.4) is 0 Å². The van der Waals surface area contributed by atoms with E-state index in [1.54, 1.807) is 0 Å². The Hall–Kier alpha value is -2.05. The molecular weight excluding hydrogens is 290 g/mol. The van der Waals surface area contributed by atoms with Gasteiger partial charge in [0.25, 0.3) is 0 Å². The van der Waals surface area contributed by atoms with Crippen LogP contribution >= 0.6 is 15.9 Å². The van der Waals surface area contributed by atoms with Crippen molar-refractivity contribution in [1.82, 2.24) is 0 Å². The van der Waals surface area contributed by atoms with Crippen LogP contribution in [0.2, 0.25) is 0 Å². The second-order valence-corrected chi connectivity index (χ2v) is 4.49. The van der Waals surface area contributed by atoms with Crippen LogP contribution in [0.5, 0.6) is 0 Å². The molecule has 0 saturated heterocycles. The van der Waals surface area contributed by atoms with Gasteiger partial charge in [-0.15, -0.1) is 0 Å². The number of halogens is 1. The highest BCUT2D eigenvalue weighted by Gasteiger charge is 2.00. The summed E-state index contributed by atoms with van der Waals surface area (Å²) in [5.74, 6) is 5.81. The minimum Gasteiger partial charge on any atom is -0.410 e. The molecule has 0 aliphatic heterocycles. The molecule has 0 saturated carbocycles. The normalized spacial score (nSPS) is 10.6. The Morgan fingerprint density at radius 1 is 1.00 bits per heavy atom. The lowest BCUT2D eigenvalue weighted by atomic mass is 10.1.